The van der Waals surface area contributed by atoms with Gasteiger partial charge in [0, 0.05) is 0 Å². The Kier molecular flexibility index (Phi) is 3.18. The number of nitrogens with two attached hydrogens (primary N) is 1. The van der Waals surface area contributed by atoms with E-state index < -0.39 is 35.1 Å². The van der Waals surface area contributed by atoms with E-state index in [1.54, 1.807) is 0 Å². The molecule has 0 aliphatic heterocycles. The maximum absolute atomic E-state index is 13.0. The van der Waals surface area contributed by atoms with Gasteiger partial charge in [-0.1, -0.05) is 6.07 Å². The number of carbonyl (C=O) groups is 1. The molecule has 3 nitrogen and oxygen atoms in total. The summed E-state index contributed by atoms with van der Waals surface area (Å²) in [5.74, 6) is -2.80. The van der Waals surface area contributed by atoms with Crippen molar-refractivity contribution in [3.8, 4) is 0 Å². The number of carboxylic acids is 1. The maximum Gasteiger partial charge on any atom is 0.407 e. The van der Waals surface area contributed by atoms with Crippen LogP contribution in [0.1, 0.15) is 22.0 Å². The Hall–Kier alpha value is -1.63. The summed E-state index contributed by atoms with van der Waals surface area (Å²) in [7, 11) is 0. The van der Waals surface area contributed by atoms with E-state index in [1.807, 2.05) is 0 Å². The molecule has 0 saturated heterocycles. The highest BCUT2D eigenvalue weighted by Gasteiger charge is 2.38. The predicted octanol–water partition coefficient (Wildman–Crippen LogP) is 2.09. The molecule has 1 rings (SSSR count). The summed E-state index contributed by atoms with van der Waals surface area (Å²) in [6, 6.07) is -0.268. The lowest BCUT2D eigenvalue weighted by molar-refractivity contribution is -0.149. The quantitative estimate of drug-likeness (QED) is 0.774. The third-order valence-electron chi connectivity index (χ3n) is 1.94. The molecule has 0 aliphatic rings. The Bertz CT molecular complexity index is 416. The van der Waals surface area contributed by atoms with Gasteiger partial charge in [0.15, 0.2) is 0 Å². The number of aromatic carboxylic acids is 1. The minimum absolute atomic E-state index is 0.474. The van der Waals surface area contributed by atoms with Crippen molar-refractivity contribution in [3.05, 3.63) is 35.1 Å². The van der Waals surface area contributed by atoms with Gasteiger partial charge in [-0.25, -0.2) is 9.18 Å². The van der Waals surface area contributed by atoms with Crippen LogP contribution in [0.3, 0.4) is 0 Å². The zero-order chi connectivity index (χ0) is 12.5. The summed E-state index contributed by atoms with van der Waals surface area (Å²) in [6.07, 6.45) is -4.70. The fourth-order valence-corrected chi connectivity index (χ4v) is 1.09. The van der Waals surface area contributed by atoms with Crippen LogP contribution in [-0.2, 0) is 0 Å². The van der Waals surface area contributed by atoms with Gasteiger partial charge in [0.2, 0.25) is 0 Å². The minimum Gasteiger partial charge on any atom is -0.478 e. The minimum atomic E-state index is -4.70. The smallest absolute Gasteiger partial charge is 0.407 e. The summed E-state index contributed by atoms with van der Waals surface area (Å²) >= 11 is 0. The second-order valence-corrected chi connectivity index (χ2v) is 3.06. The van der Waals surface area contributed by atoms with Crippen LogP contribution in [0.15, 0.2) is 18.2 Å². The van der Waals surface area contributed by atoms with Gasteiger partial charge in [-0.05, 0) is 17.7 Å². The van der Waals surface area contributed by atoms with Crippen LogP contribution < -0.4 is 5.73 Å². The number of hydrogen-bond donors (Lipinski definition) is 2. The highest BCUT2D eigenvalue weighted by Crippen LogP contribution is 2.30. The zero-order valence-electron chi connectivity index (χ0n) is 7.75. The molecule has 0 amide bonds. The van der Waals surface area contributed by atoms with Gasteiger partial charge in [0.1, 0.15) is 11.9 Å². The first-order valence-corrected chi connectivity index (χ1v) is 4.08. The third-order valence-corrected chi connectivity index (χ3v) is 1.94. The molecule has 88 valence electrons. The normalized spacial score (nSPS) is 13.6. The van der Waals surface area contributed by atoms with E-state index in [9.17, 15) is 22.4 Å². The topological polar surface area (TPSA) is 63.3 Å². The Morgan fingerprint density at radius 1 is 1.38 bits per heavy atom. The zero-order valence-corrected chi connectivity index (χ0v) is 7.75. The SMILES string of the molecule is N[C@@H](c1ccc(C(=O)O)c(F)c1)C(F)(F)F. The van der Waals surface area contributed by atoms with Crippen LogP contribution in [0, 0.1) is 5.82 Å². The fraction of sp³-hybridized carbons (Fsp3) is 0.222. The predicted molar refractivity (Wildman–Crippen MR) is 46.3 cm³/mol. The van der Waals surface area contributed by atoms with Gasteiger partial charge in [-0.2, -0.15) is 13.2 Å². The average molecular weight is 237 g/mol. The number of alkyl halides is 3. The Morgan fingerprint density at radius 3 is 2.31 bits per heavy atom. The summed E-state index contributed by atoms with van der Waals surface area (Å²) in [5.41, 5.74) is 3.61. The standard InChI is InChI=1S/C9H7F4NO2/c10-6-3-4(7(14)9(11,12)13)1-2-5(6)8(15)16/h1-3,7H,14H2,(H,15,16)/t7-/m0/s1. The lowest BCUT2D eigenvalue weighted by Gasteiger charge is -2.16. The van der Waals surface area contributed by atoms with Crippen LogP contribution in [0.25, 0.3) is 0 Å². The summed E-state index contributed by atoms with van der Waals surface area (Å²) < 4.78 is 49.5. The summed E-state index contributed by atoms with van der Waals surface area (Å²) in [6.45, 7) is 0. The van der Waals surface area contributed by atoms with E-state index >= 15 is 0 Å². The Labute approximate surface area is 87.5 Å². The molecule has 0 fully saturated rings. The van der Waals surface area contributed by atoms with Crippen molar-refractivity contribution >= 4 is 5.97 Å². The second-order valence-electron chi connectivity index (χ2n) is 3.06. The van der Waals surface area contributed by atoms with Crippen LogP contribution in [-0.4, -0.2) is 17.3 Å². The molecule has 0 heterocycles. The average Bonchev–Trinajstić information content (AvgIpc) is 2.14. The number of carboxylic acid groups (broad SMARTS) is 1. The number of hydrogen-bond acceptors (Lipinski definition) is 2. The van der Waals surface area contributed by atoms with Crippen LogP contribution in [0.4, 0.5) is 17.6 Å². The van der Waals surface area contributed by atoms with Crippen molar-refractivity contribution < 1.29 is 27.5 Å². The van der Waals surface area contributed by atoms with Gasteiger partial charge < -0.3 is 10.8 Å². The van der Waals surface area contributed by atoms with E-state index in [-0.39, 0.29) is 0 Å². The molecule has 16 heavy (non-hydrogen) atoms. The Morgan fingerprint density at radius 2 is 1.94 bits per heavy atom. The molecule has 0 saturated carbocycles. The number of benzene rings is 1. The highest BCUT2D eigenvalue weighted by molar-refractivity contribution is 5.87. The van der Waals surface area contributed by atoms with Gasteiger partial charge in [0.25, 0.3) is 0 Å². The molecule has 0 aromatic heterocycles. The first kappa shape index (κ1) is 12.4. The first-order valence-electron chi connectivity index (χ1n) is 4.08. The Balaban J connectivity index is 3.11. The molecule has 0 radical (unpaired) electrons. The molecule has 7 heteroatoms. The molecule has 0 unspecified atom stereocenters. The van der Waals surface area contributed by atoms with E-state index in [1.165, 1.54) is 0 Å². The van der Waals surface area contributed by atoms with Crippen LogP contribution in [0.2, 0.25) is 0 Å². The molecule has 0 aliphatic carbocycles. The largest absolute Gasteiger partial charge is 0.478 e. The highest BCUT2D eigenvalue weighted by atomic mass is 19.4. The fourth-order valence-electron chi connectivity index (χ4n) is 1.09. The van der Waals surface area contributed by atoms with Crippen molar-refractivity contribution in [2.75, 3.05) is 0 Å². The van der Waals surface area contributed by atoms with E-state index in [0.29, 0.717) is 6.07 Å². The van der Waals surface area contributed by atoms with E-state index in [4.69, 9.17) is 10.8 Å². The maximum atomic E-state index is 13.0. The van der Waals surface area contributed by atoms with Gasteiger partial charge in [0.05, 0.1) is 5.56 Å². The molecule has 3 N–H and O–H groups in total. The van der Waals surface area contributed by atoms with Crippen molar-refractivity contribution in [1.82, 2.24) is 0 Å². The van der Waals surface area contributed by atoms with Crippen molar-refractivity contribution in [1.29, 1.82) is 0 Å². The molecule has 0 spiro atoms. The lowest BCUT2D eigenvalue weighted by Crippen LogP contribution is -2.28. The molecule has 1 atom stereocenters. The lowest BCUT2D eigenvalue weighted by atomic mass is 10.0. The number of rotatable bonds is 2. The molecular formula is C9H7F4NO2. The summed E-state index contributed by atoms with van der Waals surface area (Å²) in [4.78, 5) is 10.4. The third kappa shape index (κ3) is 2.48. The summed E-state index contributed by atoms with van der Waals surface area (Å²) in [5, 5.41) is 8.46. The van der Waals surface area contributed by atoms with Gasteiger partial charge in [-0.15, -0.1) is 0 Å². The molecule has 1 aromatic carbocycles. The molecular weight excluding hydrogens is 230 g/mol. The van der Waals surface area contributed by atoms with Crippen LogP contribution >= 0.6 is 0 Å². The van der Waals surface area contributed by atoms with Crippen molar-refractivity contribution in [3.63, 3.8) is 0 Å². The van der Waals surface area contributed by atoms with E-state index in [0.717, 1.165) is 12.1 Å². The second kappa shape index (κ2) is 4.09. The monoisotopic (exact) mass is 237 g/mol. The van der Waals surface area contributed by atoms with Crippen molar-refractivity contribution in [2.45, 2.75) is 12.2 Å². The van der Waals surface area contributed by atoms with Crippen molar-refractivity contribution in [2.24, 2.45) is 5.73 Å². The first-order chi connectivity index (χ1) is 7.23. The molecule has 0 bridgehead atoms. The van der Waals surface area contributed by atoms with Gasteiger partial charge in [-0.3, -0.25) is 0 Å². The van der Waals surface area contributed by atoms with Crippen LogP contribution in [0.5, 0.6) is 0 Å². The van der Waals surface area contributed by atoms with E-state index in [2.05, 4.69) is 0 Å². The van der Waals surface area contributed by atoms with Gasteiger partial charge >= 0.3 is 12.1 Å². The molecule has 1 aromatic rings. The number of halogens is 4.